The summed E-state index contributed by atoms with van der Waals surface area (Å²) in [6.07, 6.45) is 0. The van der Waals surface area contributed by atoms with Crippen LogP contribution in [0.15, 0.2) is 54.6 Å². The predicted octanol–water partition coefficient (Wildman–Crippen LogP) is 7.31. The number of carbonyl (C=O) groups is 2. The van der Waals surface area contributed by atoms with Crippen molar-refractivity contribution in [3.63, 3.8) is 0 Å². The average molecular weight is 584 g/mol. The van der Waals surface area contributed by atoms with Gasteiger partial charge in [0.15, 0.2) is 0 Å². The number of halogens is 5. The van der Waals surface area contributed by atoms with Gasteiger partial charge in [-0.3, -0.25) is 9.59 Å². The zero-order valence-electron chi connectivity index (χ0n) is 18.4. The second-order valence-corrected chi connectivity index (χ2v) is 10.7. The number of anilines is 2. The Morgan fingerprint density at radius 3 is 2.22 bits per heavy atom. The molecule has 2 amide bonds. The number of ether oxygens (including phenoxy) is 1. The fourth-order valence-electron chi connectivity index (χ4n) is 3.88. The van der Waals surface area contributed by atoms with E-state index in [1.165, 1.54) is 31.4 Å². The Morgan fingerprint density at radius 1 is 0.944 bits per heavy atom. The van der Waals surface area contributed by atoms with E-state index in [4.69, 9.17) is 68.0 Å². The summed E-state index contributed by atoms with van der Waals surface area (Å²) in [5.41, 5.74) is 1.81. The van der Waals surface area contributed by atoms with Crippen molar-refractivity contribution in [3.05, 3.63) is 86.4 Å². The minimum atomic E-state index is -1.35. The summed E-state index contributed by atoms with van der Waals surface area (Å²) in [5, 5.41) is 15.5. The van der Waals surface area contributed by atoms with Gasteiger partial charge in [-0.05, 0) is 54.1 Å². The highest BCUT2D eigenvalue weighted by molar-refractivity contribution is 6.53. The van der Waals surface area contributed by atoms with Crippen molar-refractivity contribution in [2.75, 3.05) is 17.7 Å². The molecule has 3 aromatic carbocycles. The predicted molar refractivity (Wildman–Crippen MR) is 143 cm³/mol. The summed E-state index contributed by atoms with van der Waals surface area (Å²) in [4.78, 5) is 25.9. The number of benzene rings is 3. The van der Waals surface area contributed by atoms with Crippen molar-refractivity contribution in [1.29, 1.82) is 5.26 Å². The molecule has 1 saturated carbocycles. The van der Waals surface area contributed by atoms with Crippen LogP contribution in [0, 0.1) is 17.2 Å². The highest BCUT2D eigenvalue weighted by Crippen LogP contribution is 2.65. The van der Waals surface area contributed by atoms with E-state index in [1.807, 2.05) is 6.07 Å². The first-order chi connectivity index (χ1) is 17.0. The van der Waals surface area contributed by atoms with Crippen LogP contribution in [0.2, 0.25) is 15.1 Å². The highest BCUT2D eigenvalue weighted by atomic mass is 35.5. The minimum Gasteiger partial charge on any atom is -0.495 e. The van der Waals surface area contributed by atoms with Crippen molar-refractivity contribution in [1.82, 2.24) is 0 Å². The molecule has 0 aliphatic heterocycles. The first-order valence-electron chi connectivity index (χ1n) is 10.4. The van der Waals surface area contributed by atoms with Crippen LogP contribution >= 0.6 is 58.0 Å². The molecule has 4 rings (SSSR count). The summed E-state index contributed by atoms with van der Waals surface area (Å²) >= 11 is 31.2. The van der Waals surface area contributed by atoms with Gasteiger partial charge in [0.25, 0.3) is 5.91 Å². The quantitative estimate of drug-likeness (QED) is 0.298. The highest BCUT2D eigenvalue weighted by Gasteiger charge is 2.67. The van der Waals surface area contributed by atoms with Crippen LogP contribution in [0.4, 0.5) is 11.4 Å². The number of hydrogen-bond donors (Lipinski definition) is 2. The number of rotatable bonds is 6. The van der Waals surface area contributed by atoms with Crippen LogP contribution in [0.25, 0.3) is 0 Å². The Labute approximate surface area is 232 Å². The minimum absolute atomic E-state index is 0.120. The molecule has 6 nitrogen and oxygen atoms in total. The first kappa shape index (κ1) is 26.4. The molecular formula is C25H16Cl5N3O3. The summed E-state index contributed by atoms with van der Waals surface area (Å²) < 4.78 is 3.82. The monoisotopic (exact) mass is 581 g/mol. The van der Waals surface area contributed by atoms with Crippen LogP contribution < -0.4 is 15.4 Å². The average Bonchev–Trinajstić information content (AvgIpc) is 3.41. The SMILES string of the molecule is COc1cc(NC(=O)c2cc(NC(=O)C3C(c4cc(Cl)cc(Cl)c4)C3(Cl)Cl)ccc2Cl)ccc1C#N. The molecule has 1 aliphatic rings. The Hall–Kier alpha value is -2.66. The lowest BCUT2D eigenvalue weighted by Gasteiger charge is -2.11. The number of hydrogen-bond acceptors (Lipinski definition) is 4. The van der Waals surface area contributed by atoms with Crippen molar-refractivity contribution >= 4 is 81.2 Å². The molecule has 1 fully saturated rings. The van der Waals surface area contributed by atoms with Gasteiger partial charge >= 0.3 is 0 Å². The molecular weight excluding hydrogens is 568 g/mol. The summed E-state index contributed by atoms with van der Waals surface area (Å²) in [5.74, 6) is -1.93. The molecule has 3 aromatic rings. The molecule has 0 radical (unpaired) electrons. The Kier molecular flexibility index (Phi) is 7.61. The second kappa shape index (κ2) is 10.4. The third kappa shape index (κ3) is 5.36. The number of amides is 2. The van der Waals surface area contributed by atoms with E-state index in [9.17, 15) is 9.59 Å². The van der Waals surface area contributed by atoms with Gasteiger partial charge in [-0.1, -0.05) is 34.8 Å². The normalized spacial score (nSPS) is 17.6. The second-order valence-electron chi connectivity index (χ2n) is 8.00. The van der Waals surface area contributed by atoms with E-state index in [0.29, 0.717) is 38.3 Å². The van der Waals surface area contributed by atoms with Gasteiger partial charge in [0.2, 0.25) is 5.91 Å². The molecule has 0 bridgehead atoms. The van der Waals surface area contributed by atoms with E-state index in [-0.39, 0.29) is 10.6 Å². The summed E-state index contributed by atoms with van der Waals surface area (Å²) in [6.45, 7) is 0. The fraction of sp³-hybridized carbons (Fsp3) is 0.160. The third-order valence-corrected chi connectivity index (χ3v) is 7.34. The lowest BCUT2D eigenvalue weighted by molar-refractivity contribution is -0.117. The molecule has 2 unspecified atom stereocenters. The van der Waals surface area contributed by atoms with E-state index >= 15 is 0 Å². The Bertz CT molecular complexity index is 1400. The third-order valence-electron chi connectivity index (χ3n) is 5.64. The topological polar surface area (TPSA) is 91.2 Å². The molecule has 2 atom stereocenters. The van der Waals surface area contributed by atoms with E-state index < -0.39 is 28.0 Å². The van der Waals surface area contributed by atoms with Crippen molar-refractivity contribution in [3.8, 4) is 11.8 Å². The lowest BCUT2D eigenvalue weighted by Crippen LogP contribution is -2.18. The largest absolute Gasteiger partial charge is 0.495 e. The van der Waals surface area contributed by atoms with Crippen molar-refractivity contribution in [2.45, 2.75) is 10.3 Å². The molecule has 1 aliphatic carbocycles. The van der Waals surface area contributed by atoms with E-state index in [2.05, 4.69) is 10.6 Å². The fourth-order valence-corrected chi connectivity index (χ4v) is 5.45. The van der Waals surface area contributed by atoms with Crippen LogP contribution in [-0.4, -0.2) is 23.3 Å². The molecule has 36 heavy (non-hydrogen) atoms. The maximum Gasteiger partial charge on any atom is 0.257 e. The molecule has 0 saturated heterocycles. The van der Waals surface area contributed by atoms with Gasteiger partial charge in [-0.25, -0.2) is 0 Å². The molecule has 2 N–H and O–H groups in total. The molecule has 0 spiro atoms. The zero-order valence-corrected chi connectivity index (χ0v) is 22.2. The van der Waals surface area contributed by atoms with Gasteiger partial charge < -0.3 is 15.4 Å². The van der Waals surface area contributed by atoms with E-state index in [1.54, 1.807) is 30.3 Å². The van der Waals surface area contributed by atoms with Gasteiger partial charge in [0, 0.05) is 33.4 Å². The Morgan fingerprint density at radius 2 is 1.58 bits per heavy atom. The van der Waals surface area contributed by atoms with E-state index in [0.717, 1.165) is 0 Å². The van der Waals surface area contributed by atoms with Gasteiger partial charge in [0.1, 0.15) is 16.2 Å². The maximum absolute atomic E-state index is 13.0. The smallest absolute Gasteiger partial charge is 0.257 e. The maximum atomic E-state index is 13.0. The standard InChI is InChI=1S/C25H16Cl5N3O3/c1-36-20-10-17(3-2-12(20)11-31)32-23(34)18-9-16(4-5-19(18)28)33-24(35)22-21(25(22,29)30)13-6-14(26)8-15(27)7-13/h2-10,21-22H,1H3,(H,32,34)(H,33,35). The first-order valence-corrected chi connectivity index (χ1v) is 12.3. The van der Waals surface area contributed by atoms with Crippen molar-refractivity contribution in [2.24, 2.45) is 5.92 Å². The molecule has 184 valence electrons. The van der Waals surface area contributed by atoms with Crippen LogP contribution in [-0.2, 0) is 4.79 Å². The van der Waals surface area contributed by atoms with Crippen LogP contribution in [0.1, 0.15) is 27.4 Å². The number of nitrogens with zero attached hydrogens (tertiary/aromatic N) is 1. The number of nitrogens with one attached hydrogen (secondary N) is 2. The Balaban J connectivity index is 1.51. The number of nitriles is 1. The summed E-state index contributed by atoms with van der Waals surface area (Å²) in [6, 6.07) is 16.0. The summed E-state index contributed by atoms with van der Waals surface area (Å²) in [7, 11) is 1.42. The molecule has 0 heterocycles. The molecule has 11 heteroatoms. The zero-order chi connectivity index (χ0) is 26.2. The van der Waals surface area contributed by atoms with Crippen LogP contribution in [0.3, 0.4) is 0 Å². The molecule has 0 aromatic heterocycles. The van der Waals surface area contributed by atoms with Gasteiger partial charge in [-0.15, -0.1) is 23.2 Å². The van der Waals surface area contributed by atoms with Crippen LogP contribution in [0.5, 0.6) is 5.75 Å². The number of alkyl halides is 2. The van der Waals surface area contributed by atoms with Gasteiger partial charge in [-0.2, -0.15) is 5.26 Å². The number of carbonyl (C=O) groups excluding carboxylic acids is 2. The van der Waals surface area contributed by atoms with Crippen molar-refractivity contribution < 1.29 is 14.3 Å². The van der Waals surface area contributed by atoms with Gasteiger partial charge in [0.05, 0.1) is 29.2 Å². The lowest BCUT2D eigenvalue weighted by atomic mass is 10.1. The number of methoxy groups -OCH3 is 1.